The van der Waals surface area contributed by atoms with Gasteiger partial charge in [-0.1, -0.05) is 91.0 Å². The molecule has 0 fully saturated rings. The van der Waals surface area contributed by atoms with E-state index in [2.05, 4.69) is 36.4 Å². The molecule has 5 aromatic rings. The largest absolute Gasteiger partial charge is 0.507 e. The third kappa shape index (κ3) is 3.19. The first-order valence-corrected chi connectivity index (χ1v) is 9.71. The number of ether oxygens (including phenoxy) is 1. The predicted octanol–water partition coefficient (Wildman–Crippen LogP) is 6.94. The minimum atomic E-state index is 0.254. The third-order valence-corrected chi connectivity index (χ3v) is 5.28. The summed E-state index contributed by atoms with van der Waals surface area (Å²) < 4.78 is 6.28. The van der Waals surface area contributed by atoms with Gasteiger partial charge in [0.1, 0.15) is 18.1 Å². The Morgan fingerprint density at radius 1 is 0.552 bits per heavy atom. The fourth-order valence-electron chi connectivity index (χ4n) is 3.89. The van der Waals surface area contributed by atoms with E-state index < -0.39 is 0 Å². The molecule has 0 aliphatic heterocycles. The fraction of sp³-hybridized carbons (Fsp3) is 0.0370. The van der Waals surface area contributed by atoms with E-state index in [4.69, 9.17) is 4.74 Å². The van der Waals surface area contributed by atoms with E-state index >= 15 is 0 Å². The average molecular weight is 376 g/mol. The molecule has 2 heteroatoms. The smallest absolute Gasteiger partial charge is 0.128 e. The average Bonchev–Trinajstić information content (AvgIpc) is 2.78. The van der Waals surface area contributed by atoms with E-state index in [1.54, 1.807) is 6.07 Å². The number of rotatable bonds is 4. The highest BCUT2D eigenvalue weighted by Gasteiger charge is 2.17. The number of hydrogen-bond donors (Lipinski definition) is 1. The van der Waals surface area contributed by atoms with Crippen molar-refractivity contribution in [3.8, 4) is 22.6 Å². The Balaban J connectivity index is 1.75. The minimum absolute atomic E-state index is 0.254. The minimum Gasteiger partial charge on any atom is -0.507 e. The number of phenols is 1. The topological polar surface area (TPSA) is 29.5 Å². The second kappa shape index (κ2) is 7.33. The number of phenolic OH excluding ortho intramolecular Hbond substituents is 1. The van der Waals surface area contributed by atoms with E-state index in [1.807, 2.05) is 60.7 Å². The van der Waals surface area contributed by atoms with Gasteiger partial charge < -0.3 is 9.84 Å². The van der Waals surface area contributed by atoms with Crippen molar-refractivity contribution in [2.45, 2.75) is 6.61 Å². The Labute approximate surface area is 169 Å². The number of hydrogen-bond acceptors (Lipinski definition) is 2. The fourth-order valence-corrected chi connectivity index (χ4v) is 3.89. The Hall–Kier alpha value is -3.78. The second-order valence-corrected chi connectivity index (χ2v) is 7.11. The van der Waals surface area contributed by atoms with E-state index in [0.717, 1.165) is 44.0 Å². The lowest BCUT2D eigenvalue weighted by Gasteiger charge is -2.17. The van der Waals surface area contributed by atoms with E-state index in [0.29, 0.717) is 6.61 Å². The summed E-state index contributed by atoms with van der Waals surface area (Å²) in [6.45, 7) is 0.470. The van der Waals surface area contributed by atoms with Crippen LogP contribution in [0.5, 0.6) is 11.5 Å². The van der Waals surface area contributed by atoms with Crippen molar-refractivity contribution in [3.63, 3.8) is 0 Å². The van der Waals surface area contributed by atoms with Crippen LogP contribution in [0.15, 0.2) is 103 Å². The number of aromatic hydroxyl groups is 1. The zero-order valence-electron chi connectivity index (χ0n) is 15.9. The van der Waals surface area contributed by atoms with Crippen molar-refractivity contribution in [2.75, 3.05) is 0 Å². The highest BCUT2D eigenvalue weighted by molar-refractivity contribution is 6.09. The molecule has 0 saturated heterocycles. The zero-order valence-corrected chi connectivity index (χ0v) is 15.9. The maximum absolute atomic E-state index is 10.9. The van der Waals surface area contributed by atoms with Gasteiger partial charge in [-0.3, -0.25) is 0 Å². The standard InChI is InChI=1S/C27H20O2/c28-24-16-14-20-10-4-6-12-22(20)26(24)27-23-13-7-5-11-21(23)15-17-25(27)29-18-19-8-2-1-3-9-19/h1-17,28H,18H2. The summed E-state index contributed by atoms with van der Waals surface area (Å²) in [5.41, 5.74) is 2.84. The van der Waals surface area contributed by atoms with Crippen molar-refractivity contribution in [1.29, 1.82) is 0 Å². The molecule has 0 atom stereocenters. The van der Waals surface area contributed by atoms with Gasteiger partial charge in [-0.2, -0.15) is 0 Å². The quantitative estimate of drug-likeness (QED) is 0.368. The highest BCUT2D eigenvalue weighted by atomic mass is 16.5. The first-order chi connectivity index (χ1) is 14.3. The summed E-state index contributed by atoms with van der Waals surface area (Å²) in [5.74, 6) is 1.02. The SMILES string of the molecule is Oc1ccc2ccccc2c1-c1c(OCc2ccccc2)ccc2ccccc12. The lowest BCUT2D eigenvalue weighted by Crippen LogP contribution is -1.98. The van der Waals surface area contributed by atoms with E-state index in [1.165, 1.54) is 0 Å². The summed E-state index contributed by atoms with van der Waals surface area (Å²) in [7, 11) is 0. The van der Waals surface area contributed by atoms with E-state index in [9.17, 15) is 5.11 Å². The van der Waals surface area contributed by atoms with Gasteiger partial charge in [-0.05, 0) is 39.2 Å². The molecular formula is C27H20O2. The van der Waals surface area contributed by atoms with Crippen LogP contribution in [0.4, 0.5) is 0 Å². The highest BCUT2D eigenvalue weighted by Crippen LogP contribution is 2.45. The van der Waals surface area contributed by atoms with Crippen molar-refractivity contribution < 1.29 is 9.84 Å². The van der Waals surface area contributed by atoms with Crippen LogP contribution in [0.3, 0.4) is 0 Å². The molecule has 140 valence electrons. The Morgan fingerprint density at radius 3 is 1.86 bits per heavy atom. The summed E-state index contributed by atoms with van der Waals surface area (Å²) in [4.78, 5) is 0. The van der Waals surface area contributed by atoms with Gasteiger partial charge in [0.05, 0.1) is 0 Å². The van der Waals surface area contributed by atoms with Gasteiger partial charge in [0, 0.05) is 11.1 Å². The molecule has 0 unspecified atom stereocenters. The number of fused-ring (bicyclic) bond motifs is 2. The first-order valence-electron chi connectivity index (χ1n) is 9.71. The monoisotopic (exact) mass is 376 g/mol. The molecule has 0 heterocycles. The summed E-state index contributed by atoms with van der Waals surface area (Å²) in [6.07, 6.45) is 0. The second-order valence-electron chi connectivity index (χ2n) is 7.11. The molecule has 5 rings (SSSR count). The van der Waals surface area contributed by atoms with Gasteiger partial charge in [0.25, 0.3) is 0 Å². The van der Waals surface area contributed by atoms with Crippen molar-refractivity contribution >= 4 is 21.5 Å². The van der Waals surface area contributed by atoms with Crippen molar-refractivity contribution in [2.24, 2.45) is 0 Å². The molecule has 0 aliphatic rings. The molecule has 1 N–H and O–H groups in total. The van der Waals surface area contributed by atoms with Crippen molar-refractivity contribution in [3.05, 3.63) is 109 Å². The predicted molar refractivity (Wildman–Crippen MR) is 119 cm³/mol. The van der Waals surface area contributed by atoms with Crippen LogP contribution in [-0.4, -0.2) is 5.11 Å². The normalized spacial score (nSPS) is 11.0. The molecule has 2 nitrogen and oxygen atoms in total. The van der Waals surface area contributed by atoms with Crippen LogP contribution in [0.25, 0.3) is 32.7 Å². The lowest BCUT2D eigenvalue weighted by atomic mass is 9.92. The number of benzene rings is 5. The zero-order chi connectivity index (χ0) is 19.6. The van der Waals surface area contributed by atoms with Gasteiger partial charge in [-0.15, -0.1) is 0 Å². The summed E-state index contributed by atoms with van der Waals surface area (Å²) >= 11 is 0. The Kier molecular flexibility index (Phi) is 4.38. The molecule has 29 heavy (non-hydrogen) atoms. The van der Waals surface area contributed by atoms with Crippen LogP contribution in [0.1, 0.15) is 5.56 Å². The molecule has 0 radical (unpaired) electrons. The lowest BCUT2D eigenvalue weighted by molar-refractivity contribution is 0.308. The molecule has 0 aliphatic carbocycles. The molecule has 0 amide bonds. The van der Waals surface area contributed by atoms with Gasteiger partial charge >= 0.3 is 0 Å². The summed E-state index contributed by atoms with van der Waals surface area (Å²) in [5, 5.41) is 15.1. The van der Waals surface area contributed by atoms with Crippen LogP contribution in [0.2, 0.25) is 0 Å². The van der Waals surface area contributed by atoms with Gasteiger partial charge in [-0.25, -0.2) is 0 Å². The van der Waals surface area contributed by atoms with E-state index in [-0.39, 0.29) is 5.75 Å². The van der Waals surface area contributed by atoms with Gasteiger partial charge in [0.2, 0.25) is 0 Å². The van der Waals surface area contributed by atoms with Crippen LogP contribution < -0.4 is 4.74 Å². The first kappa shape index (κ1) is 17.3. The molecule has 5 aromatic carbocycles. The van der Waals surface area contributed by atoms with Gasteiger partial charge in [0.15, 0.2) is 0 Å². The third-order valence-electron chi connectivity index (χ3n) is 5.28. The molecule has 0 aromatic heterocycles. The molecule has 0 spiro atoms. The van der Waals surface area contributed by atoms with Crippen LogP contribution >= 0.6 is 0 Å². The van der Waals surface area contributed by atoms with Crippen LogP contribution in [-0.2, 0) is 6.61 Å². The molecule has 0 saturated carbocycles. The summed E-state index contributed by atoms with van der Waals surface area (Å²) in [6, 6.07) is 34.3. The van der Waals surface area contributed by atoms with Crippen LogP contribution in [0, 0.1) is 0 Å². The Bertz CT molecular complexity index is 1310. The van der Waals surface area contributed by atoms with Crippen molar-refractivity contribution in [1.82, 2.24) is 0 Å². The molecule has 0 bridgehead atoms. The maximum Gasteiger partial charge on any atom is 0.128 e. The molecular weight excluding hydrogens is 356 g/mol. The Morgan fingerprint density at radius 2 is 1.14 bits per heavy atom. The maximum atomic E-state index is 10.9.